The van der Waals surface area contributed by atoms with Gasteiger partial charge in [-0.05, 0) is 46.6 Å². The SMILES string of the molecule is Cc1nn(C(C)(C)C)c(C)c1C(=O)NCC(C)Cn1cccn1. The van der Waals surface area contributed by atoms with Crippen LogP contribution in [0, 0.1) is 19.8 Å². The van der Waals surface area contributed by atoms with E-state index in [9.17, 15) is 4.79 Å². The Kier molecular flexibility index (Phi) is 4.92. The number of carbonyl (C=O) groups is 1. The van der Waals surface area contributed by atoms with Gasteiger partial charge in [0.05, 0.1) is 16.8 Å². The van der Waals surface area contributed by atoms with Crippen LogP contribution in [-0.2, 0) is 12.1 Å². The Hall–Kier alpha value is -2.11. The molecule has 1 unspecified atom stereocenters. The summed E-state index contributed by atoms with van der Waals surface area (Å²) < 4.78 is 3.80. The van der Waals surface area contributed by atoms with Crippen LogP contribution in [0.4, 0.5) is 0 Å². The molecule has 2 aromatic heterocycles. The predicted molar refractivity (Wildman–Crippen MR) is 90.4 cm³/mol. The largest absolute Gasteiger partial charge is 0.352 e. The quantitative estimate of drug-likeness (QED) is 0.921. The van der Waals surface area contributed by atoms with Crippen molar-refractivity contribution in [3.63, 3.8) is 0 Å². The first-order valence-electron chi connectivity index (χ1n) is 8.02. The third-order valence-corrected chi connectivity index (χ3v) is 3.82. The van der Waals surface area contributed by atoms with Crippen LogP contribution < -0.4 is 5.32 Å². The van der Waals surface area contributed by atoms with Crippen LogP contribution in [-0.4, -0.2) is 32.0 Å². The van der Waals surface area contributed by atoms with Crippen molar-refractivity contribution in [2.24, 2.45) is 5.92 Å². The molecule has 0 spiro atoms. The van der Waals surface area contributed by atoms with Gasteiger partial charge in [0.2, 0.25) is 0 Å². The second-order valence-corrected chi connectivity index (χ2v) is 7.17. The molecule has 0 saturated heterocycles. The fraction of sp³-hybridized carbons (Fsp3) is 0.588. The molecule has 0 aliphatic rings. The zero-order valence-corrected chi connectivity index (χ0v) is 14.9. The Bertz CT molecular complexity index is 664. The summed E-state index contributed by atoms with van der Waals surface area (Å²) in [6.07, 6.45) is 3.69. The summed E-state index contributed by atoms with van der Waals surface area (Å²) in [6, 6.07) is 1.90. The van der Waals surface area contributed by atoms with E-state index in [0.29, 0.717) is 18.0 Å². The number of nitrogens with one attached hydrogen (secondary N) is 1. The molecule has 126 valence electrons. The number of rotatable bonds is 5. The molecular formula is C17H27N5O. The lowest BCUT2D eigenvalue weighted by Gasteiger charge is -2.21. The second-order valence-electron chi connectivity index (χ2n) is 7.17. The Morgan fingerprint density at radius 3 is 2.57 bits per heavy atom. The van der Waals surface area contributed by atoms with Crippen LogP contribution in [0.25, 0.3) is 0 Å². The molecule has 0 bridgehead atoms. The third-order valence-electron chi connectivity index (χ3n) is 3.82. The van der Waals surface area contributed by atoms with Crippen molar-refractivity contribution in [2.45, 2.75) is 53.6 Å². The lowest BCUT2D eigenvalue weighted by Crippen LogP contribution is -2.31. The van der Waals surface area contributed by atoms with Gasteiger partial charge < -0.3 is 5.32 Å². The van der Waals surface area contributed by atoms with Crippen molar-refractivity contribution >= 4 is 5.91 Å². The maximum Gasteiger partial charge on any atom is 0.255 e. The van der Waals surface area contributed by atoms with Crippen LogP contribution in [0.1, 0.15) is 49.4 Å². The molecule has 2 rings (SSSR count). The average Bonchev–Trinajstić information content (AvgIpc) is 3.04. The number of carbonyl (C=O) groups excluding carboxylic acids is 1. The van der Waals surface area contributed by atoms with Crippen molar-refractivity contribution in [2.75, 3.05) is 6.54 Å². The number of hydrogen-bond acceptors (Lipinski definition) is 3. The molecule has 0 fully saturated rings. The van der Waals surface area contributed by atoms with Gasteiger partial charge >= 0.3 is 0 Å². The summed E-state index contributed by atoms with van der Waals surface area (Å²) in [5.41, 5.74) is 2.23. The van der Waals surface area contributed by atoms with E-state index in [2.05, 4.69) is 43.2 Å². The molecule has 6 nitrogen and oxygen atoms in total. The highest BCUT2D eigenvalue weighted by Crippen LogP contribution is 2.21. The van der Waals surface area contributed by atoms with Crippen LogP contribution in [0.2, 0.25) is 0 Å². The number of nitrogens with zero attached hydrogens (tertiary/aromatic N) is 4. The Morgan fingerprint density at radius 2 is 2.04 bits per heavy atom. The number of aromatic nitrogens is 4. The summed E-state index contributed by atoms with van der Waals surface area (Å²) in [6.45, 7) is 13.6. The summed E-state index contributed by atoms with van der Waals surface area (Å²) in [5.74, 6) is 0.250. The molecule has 23 heavy (non-hydrogen) atoms. The second kappa shape index (κ2) is 6.56. The monoisotopic (exact) mass is 317 g/mol. The highest BCUT2D eigenvalue weighted by Gasteiger charge is 2.24. The first-order chi connectivity index (χ1) is 10.7. The smallest absolute Gasteiger partial charge is 0.255 e. The van der Waals surface area contributed by atoms with Crippen molar-refractivity contribution in [3.8, 4) is 0 Å². The number of aryl methyl sites for hydroxylation is 1. The van der Waals surface area contributed by atoms with E-state index >= 15 is 0 Å². The predicted octanol–water partition coefficient (Wildman–Crippen LogP) is 2.52. The van der Waals surface area contributed by atoms with Gasteiger partial charge in [-0.1, -0.05) is 6.92 Å². The van der Waals surface area contributed by atoms with E-state index in [1.54, 1.807) is 6.20 Å². The van der Waals surface area contributed by atoms with Crippen LogP contribution in [0.15, 0.2) is 18.5 Å². The highest BCUT2D eigenvalue weighted by molar-refractivity contribution is 5.96. The van der Waals surface area contributed by atoms with Crippen molar-refractivity contribution < 1.29 is 4.79 Å². The van der Waals surface area contributed by atoms with Crippen molar-refractivity contribution in [1.82, 2.24) is 24.9 Å². The molecule has 6 heteroatoms. The van der Waals surface area contributed by atoms with Gasteiger partial charge in [-0.3, -0.25) is 14.2 Å². The molecular weight excluding hydrogens is 290 g/mol. The van der Waals surface area contributed by atoms with Gasteiger partial charge in [0, 0.05) is 31.2 Å². The van der Waals surface area contributed by atoms with Crippen molar-refractivity contribution in [1.29, 1.82) is 0 Å². The summed E-state index contributed by atoms with van der Waals surface area (Å²) in [4.78, 5) is 12.5. The average molecular weight is 317 g/mol. The molecule has 0 aromatic carbocycles. The third kappa shape index (κ3) is 4.00. The lowest BCUT2D eigenvalue weighted by molar-refractivity contribution is 0.0945. The fourth-order valence-corrected chi connectivity index (χ4v) is 2.77. The van der Waals surface area contributed by atoms with E-state index < -0.39 is 0 Å². The maximum absolute atomic E-state index is 12.5. The Labute approximate surface area is 137 Å². The van der Waals surface area contributed by atoms with E-state index in [1.165, 1.54) is 0 Å². The fourth-order valence-electron chi connectivity index (χ4n) is 2.77. The number of hydrogen-bond donors (Lipinski definition) is 1. The van der Waals surface area contributed by atoms with Gasteiger partial charge in [-0.15, -0.1) is 0 Å². The minimum atomic E-state index is -0.138. The first-order valence-corrected chi connectivity index (χ1v) is 8.02. The zero-order chi connectivity index (χ0) is 17.2. The minimum Gasteiger partial charge on any atom is -0.352 e. The first kappa shape index (κ1) is 17.2. The molecule has 2 heterocycles. The molecule has 1 amide bonds. The molecule has 0 aliphatic heterocycles. The summed E-state index contributed by atoms with van der Waals surface area (Å²) >= 11 is 0. The zero-order valence-electron chi connectivity index (χ0n) is 14.9. The van der Waals surface area contributed by atoms with Gasteiger partial charge in [0.1, 0.15) is 0 Å². The number of amides is 1. The maximum atomic E-state index is 12.5. The lowest BCUT2D eigenvalue weighted by atomic mass is 10.1. The van der Waals surface area contributed by atoms with Gasteiger partial charge in [0.25, 0.3) is 5.91 Å². The molecule has 0 saturated carbocycles. The van der Waals surface area contributed by atoms with E-state index in [4.69, 9.17) is 0 Å². The Morgan fingerprint density at radius 1 is 1.35 bits per heavy atom. The molecule has 0 aliphatic carbocycles. The standard InChI is InChI=1S/C17H27N5O/c1-12(11-21-9-7-8-19-21)10-18-16(23)15-13(2)20-22(14(15)3)17(4,5)6/h7-9,12H,10-11H2,1-6H3,(H,18,23). The molecule has 1 atom stereocenters. The van der Waals surface area contributed by atoms with Crippen LogP contribution in [0.5, 0.6) is 0 Å². The Balaban J connectivity index is 2.02. The molecule has 0 radical (unpaired) electrons. The topological polar surface area (TPSA) is 64.7 Å². The normalized spacial score (nSPS) is 13.1. The molecule has 2 aromatic rings. The highest BCUT2D eigenvalue weighted by atomic mass is 16.1. The van der Waals surface area contributed by atoms with Gasteiger partial charge in [0.15, 0.2) is 0 Å². The van der Waals surface area contributed by atoms with Crippen LogP contribution >= 0.6 is 0 Å². The van der Waals surface area contributed by atoms with E-state index in [1.807, 2.05) is 35.5 Å². The summed E-state index contributed by atoms with van der Waals surface area (Å²) in [7, 11) is 0. The van der Waals surface area contributed by atoms with Gasteiger partial charge in [-0.25, -0.2) is 0 Å². The van der Waals surface area contributed by atoms with Gasteiger partial charge in [-0.2, -0.15) is 10.2 Å². The minimum absolute atomic E-state index is 0.0529. The van der Waals surface area contributed by atoms with E-state index in [-0.39, 0.29) is 11.4 Å². The molecule has 1 N–H and O–H groups in total. The van der Waals surface area contributed by atoms with Crippen molar-refractivity contribution in [3.05, 3.63) is 35.4 Å². The summed E-state index contributed by atoms with van der Waals surface area (Å²) in [5, 5.41) is 11.7. The van der Waals surface area contributed by atoms with E-state index in [0.717, 1.165) is 17.9 Å². The van der Waals surface area contributed by atoms with Crippen LogP contribution in [0.3, 0.4) is 0 Å².